The molecule has 0 amide bonds. The zero-order valence-electron chi connectivity index (χ0n) is 10.5. The molecular weight excluding hydrogens is 214 g/mol. The van der Waals surface area contributed by atoms with Crippen LogP contribution in [0, 0.1) is 0 Å². The number of rotatable bonds is 4. The molecule has 0 spiro atoms. The van der Waals surface area contributed by atoms with Crippen LogP contribution in [0.1, 0.15) is 20.8 Å². The summed E-state index contributed by atoms with van der Waals surface area (Å²) in [5, 5.41) is 2.96. The lowest BCUT2D eigenvalue weighted by Crippen LogP contribution is -2.10. The van der Waals surface area contributed by atoms with Crippen LogP contribution >= 0.6 is 0 Å². The molecular formula is C13H19N3O. The van der Waals surface area contributed by atoms with Crippen LogP contribution in [-0.4, -0.2) is 9.97 Å². The fourth-order valence-corrected chi connectivity index (χ4v) is 1.02. The molecule has 1 heterocycles. The molecule has 0 atom stereocenters. The Morgan fingerprint density at radius 3 is 2.76 bits per heavy atom. The highest BCUT2D eigenvalue weighted by Gasteiger charge is 1.95. The summed E-state index contributed by atoms with van der Waals surface area (Å²) in [4.78, 5) is 17.5. The number of hydrogen-bond acceptors (Lipinski definition) is 3. The van der Waals surface area contributed by atoms with Crippen molar-refractivity contribution in [2.24, 2.45) is 0 Å². The lowest BCUT2D eigenvalue weighted by atomic mass is 10.3. The summed E-state index contributed by atoms with van der Waals surface area (Å²) in [7, 11) is 0. The predicted molar refractivity (Wildman–Crippen MR) is 72.9 cm³/mol. The van der Waals surface area contributed by atoms with Crippen molar-refractivity contribution in [1.82, 2.24) is 9.97 Å². The first-order valence-electron chi connectivity index (χ1n) is 5.54. The fraction of sp³-hybridized carbons (Fsp3) is 0.231. The first-order valence-corrected chi connectivity index (χ1v) is 5.54. The van der Waals surface area contributed by atoms with Crippen molar-refractivity contribution in [2.45, 2.75) is 20.8 Å². The predicted octanol–water partition coefficient (Wildman–Crippen LogP) is 2.85. The summed E-state index contributed by atoms with van der Waals surface area (Å²) < 4.78 is 0. The monoisotopic (exact) mass is 233 g/mol. The summed E-state index contributed by atoms with van der Waals surface area (Å²) >= 11 is 0. The van der Waals surface area contributed by atoms with Gasteiger partial charge in [0.15, 0.2) is 0 Å². The molecule has 0 unspecified atom stereocenters. The van der Waals surface area contributed by atoms with Gasteiger partial charge in [0.25, 0.3) is 5.56 Å². The Morgan fingerprint density at radius 2 is 2.24 bits per heavy atom. The summed E-state index contributed by atoms with van der Waals surface area (Å²) in [6.07, 6.45) is 8.62. The van der Waals surface area contributed by atoms with E-state index in [0.29, 0.717) is 5.95 Å². The third-order valence-corrected chi connectivity index (χ3v) is 1.58. The maximum Gasteiger partial charge on any atom is 0.252 e. The molecule has 0 fully saturated rings. The highest BCUT2D eigenvalue weighted by Crippen LogP contribution is 2.01. The number of nitrogens with zero attached hydrogens (tertiary/aromatic N) is 1. The van der Waals surface area contributed by atoms with Gasteiger partial charge in [-0.2, -0.15) is 0 Å². The standard InChI is InChI=1S/C11H13N3O.C2H6/c1-3-5-9(6-4-2)13-11-12-8-7-10(15)14-11;1-2/h3-8H,1H2,2H3,(H2,12,13,14,15);1-2H3/b6-4-,9-5+;. The van der Waals surface area contributed by atoms with E-state index in [2.05, 4.69) is 21.9 Å². The van der Waals surface area contributed by atoms with Crippen molar-refractivity contribution in [1.29, 1.82) is 0 Å². The molecule has 0 aliphatic rings. The average Bonchev–Trinajstić information content (AvgIpc) is 2.32. The number of H-pyrrole nitrogens is 1. The highest BCUT2D eigenvalue weighted by molar-refractivity contribution is 5.40. The van der Waals surface area contributed by atoms with Gasteiger partial charge in [-0.15, -0.1) is 0 Å². The first kappa shape index (κ1) is 14.9. The molecule has 2 N–H and O–H groups in total. The van der Waals surface area contributed by atoms with Crippen molar-refractivity contribution in [3.05, 3.63) is 59.2 Å². The van der Waals surface area contributed by atoms with Crippen LogP contribution in [0.15, 0.2) is 53.6 Å². The Morgan fingerprint density at radius 1 is 1.53 bits per heavy atom. The van der Waals surface area contributed by atoms with Gasteiger partial charge in [-0.3, -0.25) is 9.78 Å². The molecule has 0 saturated heterocycles. The van der Waals surface area contributed by atoms with Gasteiger partial charge < -0.3 is 5.32 Å². The van der Waals surface area contributed by atoms with Gasteiger partial charge in [-0.25, -0.2) is 4.98 Å². The third-order valence-electron chi connectivity index (χ3n) is 1.58. The number of aromatic amines is 1. The molecule has 4 nitrogen and oxygen atoms in total. The smallest absolute Gasteiger partial charge is 0.252 e. The van der Waals surface area contributed by atoms with Gasteiger partial charge in [0, 0.05) is 18.0 Å². The van der Waals surface area contributed by atoms with Gasteiger partial charge in [0.05, 0.1) is 0 Å². The number of aromatic nitrogens is 2. The largest absolute Gasteiger partial charge is 0.326 e. The Labute approximate surface area is 102 Å². The molecule has 1 aromatic rings. The summed E-state index contributed by atoms with van der Waals surface area (Å²) in [6, 6.07) is 1.36. The molecule has 0 saturated carbocycles. The molecule has 0 radical (unpaired) electrons. The van der Waals surface area contributed by atoms with E-state index in [1.165, 1.54) is 12.3 Å². The average molecular weight is 233 g/mol. The Bertz CT molecular complexity index is 444. The maximum atomic E-state index is 11.0. The second-order valence-corrected chi connectivity index (χ2v) is 2.77. The zero-order chi connectivity index (χ0) is 13.1. The van der Waals surface area contributed by atoms with E-state index in [-0.39, 0.29) is 5.56 Å². The molecule has 17 heavy (non-hydrogen) atoms. The molecule has 92 valence electrons. The normalized spacial score (nSPS) is 10.6. The quantitative estimate of drug-likeness (QED) is 0.786. The van der Waals surface area contributed by atoms with E-state index in [1.54, 1.807) is 12.2 Å². The van der Waals surface area contributed by atoms with Crippen molar-refractivity contribution in [2.75, 3.05) is 5.32 Å². The maximum absolute atomic E-state index is 11.0. The lowest BCUT2D eigenvalue weighted by molar-refractivity contribution is 1.11. The first-order chi connectivity index (χ1) is 8.26. The fourth-order valence-electron chi connectivity index (χ4n) is 1.02. The minimum Gasteiger partial charge on any atom is -0.326 e. The van der Waals surface area contributed by atoms with Crippen LogP contribution in [0.2, 0.25) is 0 Å². The lowest BCUT2D eigenvalue weighted by Gasteiger charge is -2.04. The summed E-state index contributed by atoms with van der Waals surface area (Å²) in [6.45, 7) is 9.50. The third kappa shape index (κ3) is 6.14. The van der Waals surface area contributed by atoms with E-state index >= 15 is 0 Å². The highest BCUT2D eigenvalue weighted by atomic mass is 16.1. The van der Waals surface area contributed by atoms with Gasteiger partial charge >= 0.3 is 0 Å². The second kappa shape index (κ2) is 9.15. The van der Waals surface area contributed by atoms with Crippen molar-refractivity contribution in [3.63, 3.8) is 0 Å². The van der Waals surface area contributed by atoms with E-state index in [4.69, 9.17) is 0 Å². The van der Waals surface area contributed by atoms with Crippen molar-refractivity contribution >= 4 is 5.95 Å². The van der Waals surface area contributed by atoms with Gasteiger partial charge in [-0.1, -0.05) is 32.6 Å². The van der Waals surface area contributed by atoms with Crippen LogP contribution in [0.5, 0.6) is 0 Å². The molecule has 0 aliphatic heterocycles. The topological polar surface area (TPSA) is 57.8 Å². The van der Waals surface area contributed by atoms with E-state index < -0.39 is 0 Å². The number of nitrogens with one attached hydrogen (secondary N) is 2. The second-order valence-electron chi connectivity index (χ2n) is 2.77. The molecule has 1 aromatic heterocycles. The molecule has 4 heteroatoms. The van der Waals surface area contributed by atoms with Crippen LogP contribution < -0.4 is 10.9 Å². The van der Waals surface area contributed by atoms with Crippen molar-refractivity contribution < 1.29 is 0 Å². The van der Waals surface area contributed by atoms with Crippen LogP contribution in [-0.2, 0) is 0 Å². The molecule has 0 aromatic carbocycles. The molecule has 0 aliphatic carbocycles. The van der Waals surface area contributed by atoms with Crippen LogP contribution in [0.3, 0.4) is 0 Å². The SMILES string of the molecule is C=C/C=C(\C=C/C)Nc1nccc(=O)[nH]1.CC. The summed E-state index contributed by atoms with van der Waals surface area (Å²) in [5.74, 6) is 0.411. The Hall–Kier alpha value is -2.10. The summed E-state index contributed by atoms with van der Waals surface area (Å²) in [5.41, 5.74) is 0.618. The van der Waals surface area contributed by atoms with E-state index in [9.17, 15) is 4.79 Å². The van der Waals surface area contributed by atoms with Crippen molar-refractivity contribution in [3.8, 4) is 0 Å². The molecule has 0 bridgehead atoms. The number of allylic oxidation sites excluding steroid dienone is 4. The minimum atomic E-state index is -0.189. The van der Waals surface area contributed by atoms with Gasteiger partial charge in [0.1, 0.15) is 0 Å². The van der Waals surface area contributed by atoms with Gasteiger partial charge in [-0.05, 0) is 19.1 Å². The van der Waals surface area contributed by atoms with Gasteiger partial charge in [0.2, 0.25) is 5.95 Å². The number of anilines is 1. The van der Waals surface area contributed by atoms with E-state index in [1.807, 2.05) is 32.9 Å². The van der Waals surface area contributed by atoms with E-state index in [0.717, 1.165) is 5.70 Å². The van der Waals surface area contributed by atoms with Crippen LogP contribution in [0.4, 0.5) is 5.95 Å². The minimum absolute atomic E-state index is 0.189. The molecule has 1 rings (SSSR count). The Balaban J connectivity index is 0.00000121. The van der Waals surface area contributed by atoms with Crippen LogP contribution in [0.25, 0.3) is 0 Å². The zero-order valence-corrected chi connectivity index (χ0v) is 10.5. The number of hydrogen-bond donors (Lipinski definition) is 2. The Kier molecular flexibility index (Phi) is 8.02.